The van der Waals surface area contributed by atoms with Gasteiger partial charge in [0.05, 0.1) is 5.69 Å². The molecule has 1 atom stereocenters. The summed E-state index contributed by atoms with van der Waals surface area (Å²) in [6, 6.07) is 8.68. The Bertz CT molecular complexity index is 638. The maximum Gasteiger partial charge on any atom is 0.223 e. The molecule has 26 heavy (non-hydrogen) atoms. The van der Waals surface area contributed by atoms with Gasteiger partial charge in [0.1, 0.15) is 0 Å². The average molecular weight is 536 g/mol. The molecule has 6 nitrogen and oxygen atoms in total. The van der Waals surface area contributed by atoms with Gasteiger partial charge >= 0.3 is 0 Å². The number of anilines is 1. The number of halogens is 2. The molecule has 1 aliphatic heterocycles. The number of benzene rings is 1. The third kappa shape index (κ3) is 6.00. The first-order valence-corrected chi connectivity index (χ1v) is 9.71. The molecule has 1 aromatic carbocycles. The van der Waals surface area contributed by atoms with Gasteiger partial charge in [-0.15, -0.1) is 24.0 Å². The smallest absolute Gasteiger partial charge is 0.223 e. The van der Waals surface area contributed by atoms with Crippen LogP contribution in [0.4, 0.5) is 5.69 Å². The molecule has 3 N–H and O–H groups in total. The first-order valence-electron chi connectivity index (χ1n) is 8.91. The third-order valence-corrected chi connectivity index (χ3v) is 5.28. The Morgan fingerprint density at radius 3 is 2.65 bits per heavy atom. The Hall–Kier alpha value is -1.03. The Morgan fingerprint density at radius 1 is 1.23 bits per heavy atom. The van der Waals surface area contributed by atoms with E-state index in [1.54, 1.807) is 7.05 Å². The molecule has 0 spiro atoms. The van der Waals surface area contributed by atoms with Crippen molar-refractivity contribution >= 4 is 57.5 Å². The summed E-state index contributed by atoms with van der Waals surface area (Å²) in [5.41, 5.74) is 1.23. The number of nitrogens with zero attached hydrogens (tertiary/aromatic N) is 2. The second-order valence-electron chi connectivity index (χ2n) is 6.59. The highest BCUT2D eigenvalue weighted by Gasteiger charge is 2.29. The lowest BCUT2D eigenvalue weighted by Crippen LogP contribution is -2.46. The fraction of sp³-hybridized carbons (Fsp3) is 0.556. The summed E-state index contributed by atoms with van der Waals surface area (Å²) in [5, 5.41) is 9.71. The number of amides is 1. The van der Waals surface area contributed by atoms with Gasteiger partial charge in [0.2, 0.25) is 5.91 Å². The van der Waals surface area contributed by atoms with E-state index in [0.717, 1.165) is 42.8 Å². The standard InChI is InChI=1S/C18H26BrN5O.HI/c1-20-18(22-10-9-21-17(25)13-6-7-13)23-14-8-11-24(12-14)16-5-3-2-4-15(16)19;/h2-5,13-14H,6-12H2,1H3,(H,21,25)(H2,20,22,23);1H. The van der Waals surface area contributed by atoms with Crippen LogP contribution >= 0.6 is 39.9 Å². The normalized spacial score (nSPS) is 19.7. The molecule has 2 fully saturated rings. The van der Waals surface area contributed by atoms with E-state index in [-0.39, 0.29) is 35.8 Å². The van der Waals surface area contributed by atoms with Gasteiger partial charge < -0.3 is 20.9 Å². The minimum Gasteiger partial charge on any atom is -0.368 e. The van der Waals surface area contributed by atoms with Gasteiger partial charge in [0.25, 0.3) is 0 Å². The van der Waals surface area contributed by atoms with Crippen LogP contribution in [0.2, 0.25) is 0 Å². The highest BCUT2D eigenvalue weighted by atomic mass is 127. The molecule has 1 saturated carbocycles. The summed E-state index contributed by atoms with van der Waals surface area (Å²) >= 11 is 3.63. The van der Waals surface area contributed by atoms with E-state index < -0.39 is 0 Å². The van der Waals surface area contributed by atoms with Crippen LogP contribution in [0.1, 0.15) is 19.3 Å². The Morgan fingerprint density at radius 2 is 1.96 bits per heavy atom. The zero-order valence-electron chi connectivity index (χ0n) is 15.0. The Kier molecular flexibility index (Phi) is 8.46. The van der Waals surface area contributed by atoms with E-state index in [0.29, 0.717) is 19.1 Å². The molecule has 0 aromatic heterocycles. The van der Waals surface area contributed by atoms with Crippen LogP contribution in [0.25, 0.3) is 0 Å². The van der Waals surface area contributed by atoms with Crippen LogP contribution in [0.15, 0.2) is 33.7 Å². The SMILES string of the molecule is CN=C(NCCNC(=O)C1CC1)NC1CCN(c2ccccc2Br)C1.I. The zero-order valence-corrected chi connectivity index (χ0v) is 18.9. The maximum atomic E-state index is 11.6. The number of guanidine groups is 1. The molecule has 1 amide bonds. The largest absolute Gasteiger partial charge is 0.368 e. The zero-order chi connectivity index (χ0) is 17.6. The lowest BCUT2D eigenvalue weighted by molar-refractivity contribution is -0.122. The molecule has 1 heterocycles. The van der Waals surface area contributed by atoms with E-state index >= 15 is 0 Å². The van der Waals surface area contributed by atoms with Crippen molar-refractivity contribution in [3.05, 3.63) is 28.7 Å². The summed E-state index contributed by atoms with van der Waals surface area (Å²) in [6.45, 7) is 3.28. The minimum absolute atomic E-state index is 0. The molecule has 1 saturated heterocycles. The summed E-state index contributed by atoms with van der Waals surface area (Å²) in [5.74, 6) is 1.24. The molecular weight excluding hydrogens is 509 g/mol. The minimum atomic E-state index is 0. The molecule has 1 aliphatic carbocycles. The van der Waals surface area contributed by atoms with Gasteiger partial charge in [-0.25, -0.2) is 0 Å². The summed E-state index contributed by atoms with van der Waals surface area (Å²) in [6.07, 6.45) is 3.15. The van der Waals surface area contributed by atoms with Crippen molar-refractivity contribution in [3.63, 3.8) is 0 Å². The number of hydrogen-bond acceptors (Lipinski definition) is 3. The second kappa shape index (κ2) is 10.3. The second-order valence-corrected chi connectivity index (χ2v) is 7.45. The van der Waals surface area contributed by atoms with Gasteiger partial charge in [0.15, 0.2) is 5.96 Å². The summed E-state index contributed by atoms with van der Waals surface area (Å²) in [4.78, 5) is 18.3. The van der Waals surface area contributed by atoms with Crippen molar-refractivity contribution in [2.24, 2.45) is 10.9 Å². The molecular formula is C18H27BrIN5O. The monoisotopic (exact) mass is 535 g/mol. The third-order valence-electron chi connectivity index (χ3n) is 4.61. The van der Waals surface area contributed by atoms with Crippen LogP contribution in [0.5, 0.6) is 0 Å². The van der Waals surface area contributed by atoms with Crippen molar-refractivity contribution < 1.29 is 4.79 Å². The Labute approximate surface area is 180 Å². The predicted molar refractivity (Wildman–Crippen MR) is 120 cm³/mol. The topological polar surface area (TPSA) is 68.8 Å². The first-order chi connectivity index (χ1) is 12.2. The molecule has 0 bridgehead atoms. The number of para-hydroxylation sites is 1. The van der Waals surface area contributed by atoms with Crippen LogP contribution in [-0.2, 0) is 4.79 Å². The number of hydrogen-bond donors (Lipinski definition) is 3. The van der Waals surface area contributed by atoms with Crippen LogP contribution in [0, 0.1) is 5.92 Å². The quantitative estimate of drug-likeness (QED) is 0.226. The number of carbonyl (C=O) groups is 1. The van der Waals surface area contributed by atoms with Crippen molar-refractivity contribution in [3.8, 4) is 0 Å². The van der Waals surface area contributed by atoms with Gasteiger partial charge in [0, 0.05) is 49.7 Å². The number of rotatable bonds is 6. The highest BCUT2D eigenvalue weighted by molar-refractivity contribution is 14.0. The van der Waals surface area contributed by atoms with E-state index in [1.165, 1.54) is 5.69 Å². The van der Waals surface area contributed by atoms with Crippen LogP contribution in [0.3, 0.4) is 0 Å². The van der Waals surface area contributed by atoms with Gasteiger partial charge in [-0.05, 0) is 47.3 Å². The summed E-state index contributed by atoms with van der Waals surface area (Å²) < 4.78 is 1.13. The number of aliphatic imine (C=N–C) groups is 1. The first kappa shape index (κ1) is 21.3. The van der Waals surface area contributed by atoms with Gasteiger partial charge in [-0.2, -0.15) is 0 Å². The van der Waals surface area contributed by atoms with Crippen LogP contribution in [-0.4, -0.2) is 51.1 Å². The fourth-order valence-corrected chi connectivity index (χ4v) is 3.59. The highest BCUT2D eigenvalue weighted by Crippen LogP contribution is 2.29. The fourth-order valence-electron chi connectivity index (χ4n) is 3.05. The van der Waals surface area contributed by atoms with Crippen molar-refractivity contribution in [2.75, 3.05) is 38.1 Å². The van der Waals surface area contributed by atoms with E-state index in [1.807, 2.05) is 6.07 Å². The molecule has 1 aromatic rings. The molecule has 144 valence electrons. The Balaban J connectivity index is 0.00000243. The van der Waals surface area contributed by atoms with E-state index in [9.17, 15) is 4.79 Å². The molecule has 8 heteroatoms. The molecule has 0 radical (unpaired) electrons. The van der Waals surface area contributed by atoms with E-state index in [4.69, 9.17) is 0 Å². The summed E-state index contributed by atoms with van der Waals surface area (Å²) in [7, 11) is 1.78. The molecule has 1 unspecified atom stereocenters. The van der Waals surface area contributed by atoms with Crippen molar-refractivity contribution in [2.45, 2.75) is 25.3 Å². The molecule has 3 rings (SSSR count). The van der Waals surface area contributed by atoms with Crippen molar-refractivity contribution in [1.29, 1.82) is 0 Å². The maximum absolute atomic E-state index is 11.6. The van der Waals surface area contributed by atoms with Gasteiger partial charge in [-0.1, -0.05) is 12.1 Å². The lowest BCUT2D eigenvalue weighted by atomic mass is 10.3. The average Bonchev–Trinajstić information content (AvgIpc) is 3.37. The predicted octanol–water partition coefficient (Wildman–Crippen LogP) is 2.34. The van der Waals surface area contributed by atoms with Gasteiger partial charge in [-0.3, -0.25) is 9.79 Å². The number of nitrogens with one attached hydrogen (secondary N) is 3. The van der Waals surface area contributed by atoms with E-state index in [2.05, 4.69) is 60.0 Å². The molecule has 2 aliphatic rings. The lowest BCUT2D eigenvalue weighted by Gasteiger charge is -2.21. The van der Waals surface area contributed by atoms with Crippen LogP contribution < -0.4 is 20.9 Å². The number of carbonyl (C=O) groups excluding carboxylic acids is 1. The van der Waals surface area contributed by atoms with Crippen molar-refractivity contribution in [1.82, 2.24) is 16.0 Å².